The van der Waals surface area contributed by atoms with Gasteiger partial charge in [-0.2, -0.15) is 0 Å². The number of amides is 2. The van der Waals surface area contributed by atoms with E-state index in [1.54, 1.807) is 44.9 Å². The lowest BCUT2D eigenvalue weighted by atomic mass is 9.95. The Morgan fingerprint density at radius 3 is 2.56 bits per heavy atom. The lowest BCUT2D eigenvalue weighted by Gasteiger charge is -2.34. The first-order valence-electron chi connectivity index (χ1n) is 15.2. The summed E-state index contributed by atoms with van der Waals surface area (Å²) in [5, 5.41) is 3.23. The number of methoxy groups -OCH3 is 1. The Balaban J connectivity index is 1.34. The Labute approximate surface area is 262 Å². The van der Waals surface area contributed by atoms with Crippen molar-refractivity contribution in [3.05, 3.63) is 65.7 Å². The minimum Gasteiger partial charge on any atom is -0.497 e. The van der Waals surface area contributed by atoms with Crippen molar-refractivity contribution in [1.29, 1.82) is 0 Å². The van der Waals surface area contributed by atoms with Gasteiger partial charge < -0.3 is 33.9 Å². The molecule has 2 amide bonds. The van der Waals surface area contributed by atoms with E-state index in [-0.39, 0.29) is 30.8 Å². The summed E-state index contributed by atoms with van der Waals surface area (Å²) in [5.41, 5.74) is 0.159. The molecule has 2 aromatic heterocycles. The van der Waals surface area contributed by atoms with Crippen LogP contribution in [-0.2, 0) is 26.4 Å². The smallest absolute Gasteiger partial charge is 0.312 e. The van der Waals surface area contributed by atoms with Gasteiger partial charge in [0.1, 0.15) is 28.7 Å². The lowest BCUT2D eigenvalue weighted by molar-refractivity contribution is -0.159. The summed E-state index contributed by atoms with van der Waals surface area (Å²) in [4.78, 5) is 53.0. The number of hydrogen-bond acceptors (Lipinski definition) is 10. The highest BCUT2D eigenvalue weighted by molar-refractivity contribution is 6.00. The highest BCUT2D eigenvalue weighted by Crippen LogP contribution is 2.39. The molecule has 6 rings (SSSR count). The van der Waals surface area contributed by atoms with Gasteiger partial charge in [-0.25, -0.2) is 4.98 Å². The first kappa shape index (κ1) is 30.4. The maximum Gasteiger partial charge on any atom is 0.312 e. The molecule has 3 aromatic rings. The number of rotatable bonds is 8. The van der Waals surface area contributed by atoms with E-state index in [0.717, 1.165) is 44.1 Å². The van der Waals surface area contributed by atoms with E-state index in [0.29, 0.717) is 29.0 Å². The Morgan fingerprint density at radius 1 is 1.11 bits per heavy atom. The topological polar surface area (TPSA) is 121 Å². The van der Waals surface area contributed by atoms with Crippen LogP contribution in [0.3, 0.4) is 0 Å². The molecular formula is C33H40N6O6. The van der Waals surface area contributed by atoms with Crippen LogP contribution in [-0.4, -0.2) is 90.6 Å². The van der Waals surface area contributed by atoms with Gasteiger partial charge in [-0.3, -0.25) is 19.3 Å². The number of carbonyl (C=O) groups is 3. The molecule has 3 aliphatic heterocycles. The van der Waals surface area contributed by atoms with Crippen LogP contribution in [0.5, 0.6) is 5.75 Å². The predicted molar refractivity (Wildman–Crippen MR) is 167 cm³/mol. The van der Waals surface area contributed by atoms with Crippen molar-refractivity contribution >= 4 is 34.7 Å². The number of esters is 1. The van der Waals surface area contributed by atoms with Crippen molar-refractivity contribution in [2.45, 2.75) is 39.8 Å². The molecule has 1 N–H and O–H groups in total. The average molecular weight is 617 g/mol. The SMILES string of the molecule is C=C1N[C@@](CN2Cc3ccc(OC)cc3C2=O)(c2cc3nc(N4CCN(CC)CC4)ccc3o2)C(=O)N1COC(=O)C(C)(C)C. The van der Waals surface area contributed by atoms with E-state index in [4.69, 9.17) is 18.9 Å². The average Bonchev–Trinajstić information content (AvgIpc) is 3.67. The van der Waals surface area contributed by atoms with Crippen LogP contribution in [0, 0.1) is 5.41 Å². The van der Waals surface area contributed by atoms with Crippen LogP contribution < -0.4 is 15.0 Å². The van der Waals surface area contributed by atoms with E-state index in [1.807, 2.05) is 24.3 Å². The van der Waals surface area contributed by atoms with Crippen LogP contribution in [0.15, 0.2) is 53.2 Å². The molecule has 1 atom stereocenters. The van der Waals surface area contributed by atoms with Crippen LogP contribution >= 0.6 is 0 Å². The van der Waals surface area contributed by atoms with Crippen molar-refractivity contribution in [1.82, 2.24) is 25.0 Å². The Morgan fingerprint density at radius 2 is 1.87 bits per heavy atom. The van der Waals surface area contributed by atoms with E-state index in [9.17, 15) is 14.4 Å². The van der Waals surface area contributed by atoms with Gasteiger partial charge in [-0.1, -0.05) is 19.6 Å². The molecule has 2 saturated heterocycles. The molecule has 45 heavy (non-hydrogen) atoms. The highest BCUT2D eigenvalue weighted by atomic mass is 16.5. The molecule has 12 heteroatoms. The number of benzene rings is 1. The summed E-state index contributed by atoms with van der Waals surface area (Å²) in [6.07, 6.45) is 0. The molecule has 1 aromatic carbocycles. The quantitative estimate of drug-likeness (QED) is 0.378. The number of ether oxygens (including phenoxy) is 2. The molecule has 0 unspecified atom stereocenters. The number of aromatic nitrogens is 1. The molecular weight excluding hydrogens is 576 g/mol. The molecule has 2 fully saturated rings. The molecule has 238 valence electrons. The molecule has 12 nitrogen and oxygen atoms in total. The minimum absolute atomic E-state index is 0.0595. The lowest BCUT2D eigenvalue weighted by Crippen LogP contribution is -2.52. The zero-order chi connectivity index (χ0) is 32.1. The second-order valence-electron chi connectivity index (χ2n) is 12.8. The number of hydrogen-bond donors (Lipinski definition) is 1. The molecule has 0 bridgehead atoms. The second-order valence-corrected chi connectivity index (χ2v) is 12.8. The zero-order valence-electron chi connectivity index (χ0n) is 26.5. The van der Waals surface area contributed by atoms with Gasteiger partial charge in [0.25, 0.3) is 11.8 Å². The van der Waals surface area contributed by atoms with E-state index >= 15 is 0 Å². The number of nitrogens with zero attached hydrogens (tertiary/aromatic N) is 5. The van der Waals surface area contributed by atoms with Crippen LogP contribution in [0.1, 0.15) is 49.4 Å². The van der Waals surface area contributed by atoms with Crippen molar-refractivity contribution < 1.29 is 28.3 Å². The fraction of sp³-hybridized carbons (Fsp3) is 0.455. The Bertz CT molecular complexity index is 1670. The van der Waals surface area contributed by atoms with Crippen LogP contribution in [0.25, 0.3) is 11.1 Å². The van der Waals surface area contributed by atoms with E-state index in [2.05, 4.69) is 28.6 Å². The number of fused-ring (bicyclic) bond motifs is 2. The third kappa shape index (κ3) is 5.47. The molecule has 0 spiro atoms. The maximum absolute atomic E-state index is 14.4. The first-order chi connectivity index (χ1) is 21.4. The molecule has 3 aliphatic rings. The summed E-state index contributed by atoms with van der Waals surface area (Å²) < 4.78 is 17.2. The molecule has 0 aliphatic carbocycles. The number of anilines is 1. The van der Waals surface area contributed by atoms with E-state index in [1.165, 1.54) is 4.90 Å². The molecule has 0 saturated carbocycles. The summed E-state index contributed by atoms with van der Waals surface area (Å²) in [6.45, 7) is 16.0. The zero-order valence-corrected chi connectivity index (χ0v) is 26.5. The standard InChI is InChI=1S/C33H40N6O6/c1-7-36-12-14-37(15-13-36)28-11-10-26-25(34-28)17-27(45-26)33(19-38-18-22-8-9-23(43-6)16-24(22)29(38)40)30(41)39(21(2)35-33)20-44-31(42)32(3,4)5/h8-11,16-17,35H,2,7,12-15,18-20H2,1,3-6H3/t33-/m0/s1. The van der Waals surface area contributed by atoms with E-state index < -0.39 is 22.8 Å². The Hall–Kier alpha value is -4.58. The number of nitrogens with one attached hydrogen (secondary N) is 1. The number of carbonyl (C=O) groups excluding carboxylic acids is 3. The fourth-order valence-corrected chi connectivity index (χ4v) is 6.02. The number of likely N-dealkylation sites (N-methyl/N-ethyl adjacent to an activating group) is 1. The summed E-state index contributed by atoms with van der Waals surface area (Å²) >= 11 is 0. The largest absolute Gasteiger partial charge is 0.497 e. The van der Waals surface area contributed by atoms with Crippen molar-refractivity contribution in [3.63, 3.8) is 0 Å². The maximum atomic E-state index is 14.4. The van der Waals surface area contributed by atoms with Gasteiger partial charge >= 0.3 is 5.97 Å². The Kier molecular flexibility index (Phi) is 7.72. The van der Waals surface area contributed by atoms with Gasteiger partial charge in [0, 0.05) is 44.4 Å². The fourth-order valence-electron chi connectivity index (χ4n) is 6.02. The summed E-state index contributed by atoms with van der Waals surface area (Å²) in [6, 6.07) is 10.9. The highest BCUT2D eigenvalue weighted by Gasteiger charge is 2.55. The molecule has 5 heterocycles. The number of furan rings is 1. The van der Waals surface area contributed by atoms with Gasteiger partial charge in [0.2, 0.25) is 0 Å². The normalized spacial score (nSPS) is 20.6. The monoisotopic (exact) mass is 616 g/mol. The number of pyridine rings is 1. The van der Waals surface area contributed by atoms with Crippen LogP contribution in [0.2, 0.25) is 0 Å². The predicted octanol–water partition coefficient (Wildman–Crippen LogP) is 3.28. The van der Waals surface area contributed by atoms with Gasteiger partial charge in [0.05, 0.1) is 19.1 Å². The second kappa shape index (κ2) is 11.4. The summed E-state index contributed by atoms with van der Waals surface area (Å²) in [5.74, 6) is 0.786. The van der Waals surface area contributed by atoms with Gasteiger partial charge in [-0.05, 0) is 57.1 Å². The van der Waals surface area contributed by atoms with Crippen molar-refractivity contribution in [2.75, 3.05) is 58.0 Å². The summed E-state index contributed by atoms with van der Waals surface area (Å²) in [7, 11) is 1.55. The van der Waals surface area contributed by atoms with Gasteiger partial charge in [0.15, 0.2) is 17.9 Å². The number of piperazine rings is 1. The van der Waals surface area contributed by atoms with Gasteiger partial charge in [-0.15, -0.1) is 0 Å². The minimum atomic E-state index is -1.54. The first-order valence-corrected chi connectivity index (χ1v) is 15.2. The third-order valence-electron chi connectivity index (χ3n) is 8.78. The molecule has 0 radical (unpaired) electrons. The van der Waals surface area contributed by atoms with Crippen molar-refractivity contribution in [2.24, 2.45) is 5.41 Å². The third-order valence-corrected chi connectivity index (χ3v) is 8.78. The van der Waals surface area contributed by atoms with Crippen molar-refractivity contribution in [3.8, 4) is 5.75 Å². The van der Waals surface area contributed by atoms with Crippen LogP contribution in [0.4, 0.5) is 5.82 Å².